The number of rotatable bonds is 2. The van der Waals surface area contributed by atoms with Gasteiger partial charge in [0.1, 0.15) is 5.82 Å². The van der Waals surface area contributed by atoms with Gasteiger partial charge in [-0.25, -0.2) is 4.98 Å². The standard InChI is InChI=1S/C11H15IN2O2/c1-7-4-13-11(3-10(7)12)14-5-9(16)2-8(14)6-15/h3-4,8-9,15-16H,2,5-6H2,1H3/t8-,9+/m0/s1. The summed E-state index contributed by atoms with van der Waals surface area (Å²) in [5.41, 5.74) is 1.14. The topological polar surface area (TPSA) is 56.6 Å². The number of aliphatic hydroxyl groups excluding tert-OH is 2. The zero-order valence-corrected chi connectivity index (χ0v) is 11.3. The average Bonchev–Trinajstić information content (AvgIpc) is 2.63. The number of aliphatic hydroxyl groups is 2. The molecule has 0 bridgehead atoms. The van der Waals surface area contributed by atoms with E-state index in [1.165, 1.54) is 0 Å². The molecular weight excluding hydrogens is 319 g/mol. The molecule has 0 spiro atoms. The number of nitrogens with zero attached hydrogens (tertiary/aromatic N) is 2. The van der Waals surface area contributed by atoms with Gasteiger partial charge in [0, 0.05) is 16.3 Å². The Hall–Kier alpha value is -0.400. The van der Waals surface area contributed by atoms with E-state index in [0.29, 0.717) is 13.0 Å². The lowest BCUT2D eigenvalue weighted by atomic mass is 10.2. The number of β-amino-alcohol motifs (C(OH)–C–C–N with tert-alkyl or cyclic N) is 1. The molecule has 1 fully saturated rings. The minimum Gasteiger partial charge on any atom is -0.394 e. The molecule has 4 nitrogen and oxygen atoms in total. The Balaban J connectivity index is 2.26. The van der Waals surface area contributed by atoms with Crippen molar-refractivity contribution in [3.63, 3.8) is 0 Å². The molecule has 2 rings (SSSR count). The predicted octanol–water partition coefficient (Wildman–Crippen LogP) is 0.927. The fraction of sp³-hybridized carbons (Fsp3) is 0.545. The second-order valence-corrected chi connectivity index (χ2v) is 5.33. The van der Waals surface area contributed by atoms with Crippen molar-refractivity contribution in [1.29, 1.82) is 0 Å². The first-order valence-electron chi connectivity index (χ1n) is 5.29. The smallest absolute Gasteiger partial charge is 0.129 e. The molecule has 1 aliphatic heterocycles. The summed E-state index contributed by atoms with van der Waals surface area (Å²) in [5.74, 6) is 0.839. The van der Waals surface area contributed by atoms with Crippen LogP contribution in [-0.4, -0.2) is 40.5 Å². The molecule has 0 saturated carbocycles. The van der Waals surface area contributed by atoms with Gasteiger partial charge in [0.05, 0.1) is 18.8 Å². The largest absolute Gasteiger partial charge is 0.394 e. The van der Waals surface area contributed by atoms with Gasteiger partial charge in [0.25, 0.3) is 0 Å². The molecule has 0 unspecified atom stereocenters. The minimum absolute atomic E-state index is 0.0130. The molecule has 1 aliphatic rings. The van der Waals surface area contributed by atoms with Crippen LogP contribution in [0.25, 0.3) is 0 Å². The first-order chi connectivity index (χ1) is 7.61. The van der Waals surface area contributed by atoms with Crippen LogP contribution in [0.1, 0.15) is 12.0 Å². The predicted molar refractivity (Wildman–Crippen MR) is 70.5 cm³/mol. The van der Waals surface area contributed by atoms with Gasteiger partial charge < -0.3 is 15.1 Å². The summed E-state index contributed by atoms with van der Waals surface area (Å²) in [6.45, 7) is 2.63. The molecule has 5 heteroatoms. The highest BCUT2D eigenvalue weighted by atomic mass is 127. The fourth-order valence-corrected chi connectivity index (χ4v) is 2.41. The highest BCUT2D eigenvalue weighted by Gasteiger charge is 2.31. The molecule has 1 aromatic rings. The number of anilines is 1. The van der Waals surface area contributed by atoms with Crippen LogP contribution in [0, 0.1) is 10.5 Å². The molecule has 0 amide bonds. The Morgan fingerprint density at radius 2 is 2.38 bits per heavy atom. The van der Waals surface area contributed by atoms with Crippen molar-refractivity contribution in [2.75, 3.05) is 18.1 Å². The number of aryl methyl sites for hydroxylation is 1. The third kappa shape index (κ3) is 2.31. The van der Waals surface area contributed by atoms with Crippen LogP contribution in [0.15, 0.2) is 12.3 Å². The normalized spacial score (nSPS) is 25.1. The Morgan fingerprint density at radius 3 is 3.00 bits per heavy atom. The second kappa shape index (κ2) is 4.85. The van der Waals surface area contributed by atoms with Crippen molar-refractivity contribution in [3.8, 4) is 0 Å². The summed E-state index contributed by atoms with van der Waals surface area (Å²) in [5, 5.41) is 18.9. The Morgan fingerprint density at radius 1 is 1.62 bits per heavy atom. The van der Waals surface area contributed by atoms with Crippen LogP contribution in [0.2, 0.25) is 0 Å². The Labute approximate surface area is 108 Å². The summed E-state index contributed by atoms with van der Waals surface area (Å²) >= 11 is 2.27. The zero-order chi connectivity index (χ0) is 11.7. The molecule has 1 aromatic heterocycles. The zero-order valence-electron chi connectivity index (χ0n) is 9.10. The monoisotopic (exact) mass is 334 g/mol. The van der Waals surface area contributed by atoms with Crippen molar-refractivity contribution in [2.45, 2.75) is 25.5 Å². The van der Waals surface area contributed by atoms with E-state index in [2.05, 4.69) is 27.6 Å². The lowest BCUT2D eigenvalue weighted by Crippen LogP contribution is -2.33. The van der Waals surface area contributed by atoms with Gasteiger partial charge in [-0.1, -0.05) is 0 Å². The van der Waals surface area contributed by atoms with E-state index >= 15 is 0 Å². The first-order valence-corrected chi connectivity index (χ1v) is 6.37. The highest BCUT2D eigenvalue weighted by Crippen LogP contribution is 2.25. The van der Waals surface area contributed by atoms with E-state index in [4.69, 9.17) is 0 Å². The summed E-state index contributed by atoms with van der Waals surface area (Å²) < 4.78 is 1.15. The van der Waals surface area contributed by atoms with E-state index in [9.17, 15) is 10.2 Å². The van der Waals surface area contributed by atoms with Crippen molar-refractivity contribution in [2.24, 2.45) is 0 Å². The van der Waals surface area contributed by atoms with Gasteiger partial charge in [-0.15, -0.1) is 0 Å². The van der Waals surface area contributed by atoms with Crippen LogP contribution < -0.4 is 4.90 Å². The Bertz CT molecular complexity index is 386. The van der Waals surface area contributed by atoms with E-state index in [-0.39, 0.29) is 18.8 Å². The van der Waals surface area contributed by atoms with Crippen LogP contribution in [0.3, 0.4) is 0 Å². The third-order valence-electron chi connectivity index (χ3n) is 2.92. The summed E-state index contributed by atoms with van der Waals surface area (Å²) in [4.78, 5) is 6.33. The lowest BCUT2D eigenvalue weighted by Gasteiger charge is -2.24. The molecule has 1 saturated heterocycles. The van der Waals surface area contributed by atoms with Gasteiger partial charge in [0.15, 0.2) is 0 Å². The minimum atomic E-state index is -0.363. The second-order valence-electron chi connectivity index (χ2n) is 4.17. The van der Waals surface area contributed by atoms with Crippen LogP contribution in [0.4, 0.5) is 5.82 Å². The van der Waals surface area contributed by atoms with Gasteiger partial charge >= 0.3 is 0 Å². The number of hydrogen-bond donors (Lipinski definition) is 2. The molecule has 2 atom stereocenters. The maximum Gasteiger partial charge on any atom is 0.129 e. The SMILES string of the molecule is Cc1cnc(N2C[C@H](O)C[C@H]2CO)cc1I. The van der Waals surface area contributed by atoms with E-state index in [0.717, 1.165) is 15.0 Å². The van der Waals surface area contributed by atoms with E-state index in [1.54, 1.807) is 0 Å². The summed E-state index contributed by atoms with van der Waals surface area (Å²) in [7, 11) is 0. The molecule has 2 N–H and O–H groups in total. The van der Waals surface area contributed by atoms with Crippen molar-refractivity contribution >= 4 is 28.4 Å². The molecular formula is C11H15IN2O2. The molecule has 88 valence electrons. The fourth-order valence-electron chi connectivity index (χ4n) is 1.99. The van der Waals surface area contributed by atoms with Gasteiger partial charge in [-0.05, 0) is 47.6 Å². The molecule has 0 aromatic carbocycles. The maximum absolute atomic E-state index is 9.60. The third-order valence-corrected chi connectivity index (χ3v) is 4.08. The summed E-state index contributed by atoms with van der Waals surface area (Å²) in [6, 6.07) is 1.98. The van der Waals surface area contributed by atoms with Gasteiger partial charge in [-0.2, -0.15) is 0 Å². The first kappa shape index (κ1) is 12.1. The maximum atomic E-state index is 9.60. The highest BCUT2D eigenvalue weighted by molar-refractivity contribution is 14.1. The number of aromatic nitrogens is 1. The van der Waals surface area contributed by atoms with Crippen LogP contribution in [0.5, 0.6) is 0 Å². The van der Waals surface area contributed by atoms with Crippen molar-refractivity contribution in [1.82, 2.24) is 4.98 Å². The Kier molecular flexibility index (Phi) is 3.66. The molecule has 2 heterocycles. The number of pyridine rings is 1. The average molecular weight is 334 g/mol. The summed E-state index contributed by atoms with van der Waals surface area (Å²) in [6.07, 6.45) is 2.08. The van der Waals surface area contributed by atoms with Crippen molar-refractivity contribution in [3.05, 3.63) is 21.4 Å². The van der Waals surface area contributed by atoms with Crippen LogP contribution >= 0.6 is 22.6 Å². The molecule has 0 aliphatic carbocycles. The number of halogens is 1. The van der Waals surface area contributed by atoms with Crippen molar-refractivity contribution < 1.29 is 10.2 Å². The van der Waals surface area contributed by atoms with Gasteiger partial charge in [0.2, 0.25) is 0 Å². The molecule has 16 heavy (non-hydrogen) atoms. The van der Waals surface area contributed by atoms with E-state index < -0.39 is 0 Å². The van der Waals surface area contributed by atoms with E-state index in [1.807, 2.05) is 24.1 Å². The number of hydrogen-bond acceptors (Lipinski definition) is 4. The molecule has 0 radical (unpaired) electrons. The lowest BCUT2D eigenvalue weighted by molar-refractivity contribution is 0.184. The van der Waals surface area contributed by atoms with Crippen LogP contribution in [-0.2, 0) is 0 Å². The quantitative estimate of drug-likeness (QED) is 0.790. The van der Waals surface area contributed by atoms with Gasteiger partial charge in [-0.3, -0.25) is 0 Å².